The molecular formula is C11H20N2O4. The van der Waals surface area contributed by atoms with Crippen molar-refractivity contribution in [3.63, 3.8) is 0 Å². The minimum Gasteiger partial charge on any atom is -0.480 e. The van der Waals surface area contributed by atoms with E-state index in [-0.39, 0.29) is 5.91 Å². The average molecular weight is 244 g/mol. The maximum absolute atomic E-state index is 11.8. The van der Waals surface area contributed by atoms with Crippen LogP contribution in [-0.4, -0.2) is 46.8 Å². The van der Waals surface area contributed by atoms with E-state index in [4.69, 9.17) is 5.11 Å². The van der Waals surface area contributed by atoms with Gasteiger partial charge in [-0.25, -0.2) is 4.79 Å². The largest absolute Gasteiger partial charge is 0.480 e. The van der Waals surface area contributed by atoms with Gasteiger partial charge in [0.2, 0.25) is 5.91 Å². The van der Waals surface area contributed by atoms with Crippen LogP contribution < -0.4 is 10.6 Å². The molecule has 0 aromatic rings. The topological polar surface area (TPSA) is 98.7 Å². The Bertz CT molecular complexity index is 311. The normalized spacial score (nSPS) is 26.6. The molecule has 0 aromatic carbocycles. The Morgan fingerprint density at radius 1 is 1.41 bits per heavy atom. The third kappa shape index (κ3) is 3.67. The Morgan fingerprint density at radius 2 is 2.00 bits per heavy atom. The van der Waals surface area contributed by atoms with Crippen LogP contribution in [0, 0.1) is 5.41 Å². The van der Waals surface area contributed by atoms with Gasteiger partial charge < -0.3 is 20.8 Å². The van der Waals surface area contributed by atoms with Gasteiger partial charge in [0.1, 0.15) is 6.04 Å². The number of aliphatic carboxylic acids is 1. The molecule has 1 fully saturated rings. The molecule has 1 amide bonds. The molecule has 3 unspecified atom stereocenters. The molecule has 0 spiro atoms. The highest BCUT2D eigenvalue weighted by Gasteiger charge is 2.36. The highest BCUT2D eigenvalue weighted by Crippen LogP contribution is 2.20. The summed E-state index contributed by atoms with van der Waals surface area (Å²) in [6, 6.07) is -1.44. The number of carbonyl (C=O) groups is 2. The summed E-state index contributed by atoms with van der Waals surface area (Å²) in [5.41, 5.74) is -0.557. The van der Waals surface area contributed by atoms with E-state index in [0.717, 1.165) is 0 Å². The van der Waals surface area contributed by atoms with Crippen molar-refractivity contribution in [2.75, 3.05) is 6.54 Å². The fraction of sp³-hybridized carbons (Fsp3) is 0.818. The monoisotopic (exact) mass is 244 g/mol. The Labute approximate surface area is 100 Å². The van der Waals surface area contributed by atoms with Gasteiger partial charge in [0, 0.05) is 6.54 Å². The number of nitrogens with one attached hydrogen (secondary N) is 2. The molecule has 1 saturated heterocycles. The van der Waals surface area contributed by atoms with Gasteiger partial charge >= 0.3 is 5.97 Å². The first-order valence-electron chi connectivity index (χ1n) is 5.66. The second-order valence-corrected chi connectivity index (χ2v) is 5.50. The first kappa shape index (κ1) is 13.9. The third-order valence-corrected chi connectivity index (χ3v) is 2.82. The van der Waals surface area contributed by atoms with Crippen LogP contribution in [0.1, 0.15) is 27.2 Å². The van der Waals surface area contributed by atoms with E-state index in [2.05, 4.69) is 10.6 Å². The first-order chi connectivity index (χ1) is 7.71. The fourth-order valence-electron chi connectivity index (χ4n) is 1.81. The van der Waals surface area contributed by atoms with Crippen molar-refractivity contribution in [3.05, 3.63) is 0 Å². The maximum atomic E-state index is 11.8. The summed E-state index contributed by atoms with van der Waals surface area (Å²) in [6.45, 7) is 5.63. The zero-order valence-electron chi connectivity index (χ0n) is 10.4. The average Bonchev–Trinajstić information content (AvgIpc) is 2.58. The summed E-state index contributed by atoms with van der Waals surface area (Å²) in [6.07, 6.45) is -0.217. The Hall–Kier alpha value is -1.14. The molecule has 1 heterocycles. The minimum absolute atomic E-state index is 0.322. The van der Waals surface area contributed by atoms with Crippen molar-refractivity contribution in [1.29, 1.82) is 0 Å². The van der Waals surface area contributed by atoms with E-state index in [9.17, 15) is 14.7 Å². The SMILES string of the molecule is CC(C)(C)C(NC(=O)C1CC(O)CN1)C(=O)O. The summed E-state index contributed by atoms with van der Waals surface area (Å²) in [4.78, 5) is 22.9. The molecule has 4 N–H and O–H groups in total. The molecule has 6 nitrogen and oxygen atoms in total. The van der Waals surface area contributed by atoms with Gasteiger partial charge in [0.15, 0.2) is 0 Å². The molecule has 3 atom stereocenters. The number of amides is 1. The number of rotatable bonds is 3. The number of hydrogen-bond acceptors (Lipinski definition) is 4. The van der Waals surface area contributed by atoms with Crippen LogP contribution in [-0.2, 0) is 9.59 Å². The third-order valence-electron chi connectivity index (χ3n) is 2.82. The number of hydrogen-bond donors (Lipinski definition) is 4. The molecule has 17 heavy (non-hydrogen) atoms. The second-order valence-electron chi connectivity index (χ2n) is 5.50. The van der Waals surface area contributed by atoms with Crippen molar-refractivity contribution in [2.45, 2.75) is 45.4 Å². The molecule has 1 aliphatic heterocycles. The summed E-state index contributed by atoms with van der Waals surface area (Å²) >= 11 is 0. The van der Waals surface area contributed by atoms with E-state index in [0.29, 0.717) is 13.0 Å². The Balaban J connectivity index is 2.62. The number of aliphatic hydroxyl groups excluding tert-OH is 1. The van der Waals surface area contributed by atoms with Crippen LogP contribution in [0.25, 0.3) is 0 Å². The van der Waals surface area contributed by atoms with E-state index >= 15 is 0 Å². The quantitative estimate of drug-likeness (QED) is 0.527. The molecule has 0 aromatic heterocycles. The number of aliphatic hydroxyl groups is 1. The lowest BCUT2D eigenvalue weighted by Gasteiger charge is -2.28. The van der Waals surface area contributed by atoms with E-state index < -0.39 is 29.6 Å². The van der Waals surface area contributed by atoms with Crippen molar-refractivity contribution in [2.24, 2.45) is 5.41 Å². The van der Waals surface area contributed by atoms with Gasteiger partial charge in [-0.2, -0.15) is 0 Å². The van der Waals surface area contributed by atoms with Gasteiger partial charge in [-0.05, 0) is 11.8 Å². The zero-order chi connectivity index (χ0) is 13.2. The molecule has 0 bridgehead atoms. The molecule has 0 radical (unpaired) electrons. The summed E-state index contributed by atoms with van der Waals surface area (Å²) in [5.74, 6) is -1.42. The smallest absolute Gasteiger partial charge is 0.326 e. The Kier molecular flexibility index (Phi) is 4.11. The predicted octanol–water partition coefficient (Wildman–Crippen LogP) is -0.675. The maximum Gasteiger partial charge on any atom is 0.326 e. The van der Waals surface area contributed by atoms with Crippen molar-refractivity contribution in [3.8, 4) is 0 Å². The van der Waals surface area contributed by atoms with E-state index in [1.165, 1.54) is 0 Å². The Morgan fingerprint density at radius 3 is 2.35 bits per heavy atom. The molecule has 98 valence electrons. The zero-order valence-corrected chi connectivity index (χ0v) is 10.4. The van der Waals surface area contributed by atoms with Crippen LogP contribution in [0.4, 0.5) is 0 Å². The molecule has 0 aliphatic carbocycles. The molecule has 0 saturated carbocycles. The summed E-state index contributed by atoms with van der Waals surface area (Å²) < 4.78 is 0. The molecule has 1 rings (SSSR count). The van der Waals surface area contributed by atoms with Crippen LogP contribution in [0.3, 0.4) is 0 Å². The van der Waals surface area contributed by atoms with Gasteiger partial charge in [-0.1, -0.05) is 20.8 Å². The van der Waals surface area contributed by atoms with Gasteiger partial charge in [0.05, 0.1) is 12.1 Å². The van der Waals surface area contributed by atoms with Crippen molar-refractivity contribution in [1.82, 2.24) is 10.6 Å². The van der Waals surface area contributed by atoms with Gasteiger partial charge in [0.25, 0.3) is 0 Å². The highest BCUT2D eigenvalue weighted by molar-refractivity contribution is 5.87. The first-order valence-corrected chi connectivity index (χ1v) is 5.66. The minimum atomic E-state index is -1.05. The molecular weight excluding hydrogens is 224 g/mol. The van der Waals surface area contributed by atoms with Gasteiger partial charge in [-0.3, -0.25) is 4.79 Å². The number of carboxylic acids is 1. The van der Waals surface area contributed by atoms with Crippen LogP contribution >= 0.6 is 0 Å². The van der Waals surface area contributed by atoms with Gasteiger partial charge in [-0.15, -0.1) is 0 Å². The predicted molar refractivity (Wildman–Crippen MR) is 61.4 cm³/mol. The summed E-state index contributed by atoms with van der Waals surface area (Å²) in [7, 11) is 0. The fourth-order valence-corrected chi connectivity index (χ4v) is 1.81. The van der Waals surface area contributed by atoms with Crippen LogP contribution in [0.5, 0.6) is 0 Å². The second kappa shape index (κ2) is 5.01. The summed E-state index contributed by atoms with van der Waals surface area (Å²) in [5, 5.41) is 23.7. The number of carbonyl (C=O) groups excluding carboxylic acids is 1. The van der Waals surface area contributed by atoms with Crippen LogP contribution in [0.15, 0.2) is 0 Å². The molecule has 6 heteroatoms. The highest BCUT2D eigenvalue weighted by atomic mass is 16.4. The lowest BCUT2D eigenvalue weighted by molar-refractivity contribution is -0.145. The van der Waals surface area contributed by atoms with Crippen molar-refractivity contribution >= 4 is 11.9 Å². The van der Waals surface area contributed by atoms with Crippen LogP contribution in [0.2, 0.25) is 0 Å². The van der Waals surface area contributed by atoms with E-state index in [1.807, 2.05) is 0 Å². The lowest BCUT2D eigenvalue weighted by Crippen LogP contribution is -2.53. The van der Waals surface area contributed by atoms with E-state index in [1.54, 1.807) is 20.8 Å². The molecule has 1 aliphatic rings. The number of β-amino-alcohol motifs (C(OH)–C–C–N with tert-alkyl or cyclic N) is 1. The van der Waals surface area contributed by atoms with Crippen molar-refractivity contribution < 1.29 is 19.8 Å². The lowest BCUT2D eigenvalue weighted by atomic mass is 9.86. The standard InChI is InChI=1S/C11H20N2O4/c1-11(2,3)8(10(16)17)13-9(15)7-4-6(14)5-12-7/h6-8,12,14H,4-5H2,1-3H3,(H,13,15)(H,16,17). The number of carboxylic acid groups (broad SMARTS) is 1.